The van der Waals surface area contributed by atoms with E-state index in [4.69, 9.17) is 15.6 Å². The Kier molecular flexibility index (Phi) is 2.20. The lowest BCUT2D eigenvalue weighted by Gasteiger charge is -2.00. The van der Waals surface area contributed by atoms with Crippen molar-refractivity contribution in [1.82, 2.24) is 4.98 Å². The number of nitrogens with two attached hydrogens (primary N) is 1. The molecule has 0 bridgehead atoms. The molecule has 0 unspecified atom stereocenters. The maximum atomic E-state index is 10.9. The van der Waals surface area contributed by atoms with Crippen molar-refractivity contribution in [2.75, 3.05) is 12.8 Å². The topological polar surface area (TPSA) is 85.4 Å². The number of nitrogen functional groups attached to an aromatic ring is 1. The van der Waals surface area contributed by atoms with Gasteiger partial charge in [0.2, 0.25) is 0 Å². The van der Waals surface area contributed by atoms with Crippen molar-refractivity contribution in [2.24, 2.45) is 0 Å². The Hall–Kier alpha value is -1.82. The van der Waals surface area contributed by atoms with Crippen LogP contribution in [0.15, 0.2) is 12.3 Å². The number of hydrogen-bond donors (Lipinski definition) is 2. The summed E-state index contributed by atoms with van der Waals surface area (Å²) in [5.41, 5.74) is 5.94. The molecule has 15 heavy (non-hydrogen) atoms. The van der Waals surface area contributed by atoms with Crippen LogP contribution in [0.4, 0.5) is 5.69 Å². The Balaban J connectivity index is 2.82. The van der Waals surface area contributed by atoms with E-state index in [0.717, 1.165) is 11.3 Å². The van der Waals surface area contributed by atoms with E-state index >= 15 is 0 Å². The molecule has 0 saturated heterocycles. The van der Waals surface area contributed by atoms with Crippen LogP contribution < -0.4 is 10.5 Å². The van der Waals surface area contributed by atoms with E-state index in [1.165, 1.54) is 7.11 Å². The fraction of sp³-hybridized carbons (Fsp3) is 0.111. The number of aromatic carboxylic acids is 1. The van der Waals surface area contributed by atoms with Crippen molar-refractivity contribution >= 4 is 33.2 Å². The number of nitrogens with zero attached hydrogens (tertiary/aromatic N) is 1. The van der Waals surface area contributed by atoms with Crippen LogP contribution in [0.2, 0.25) is 0 Å². The number of carboxylic acid groups (broad SMARTS) is 1. The standard InChI is InChI=1S/C9H8N2O3S/c1-14-4-2-3-11-8-5(4)6(10)7(15-8)9(12)13/h2-3H,10H2,1H3,(H,12,13). The fourth-order valence-electron chi connectivity index (χ4n) is 1.35. The maximum Gasteiger partial charge on any atom is 0.348 e. The molecule has 2 rings (SSSR count). The minimum atomic E-state index is -1.04. The number of ether oxygens (including phenoxy) is 1. The first kappa shape index (κ1) is 9.72. The van der Waals surface area contributed by atoms with E-state index < -0.39 is 5.97 Å². The van der Waals surface area contributed by atoms with Crippen LogP contribution in [-0.4, -0.2) is 23.2 Å². The lowest BCUT2D eigenvalue weighted by Crippen LogP contribution is -1.97. The minimum Gasteiger partial charge on any atom is -0.496 e. The molecule has 3 N–H and O–H groups in total. The molecule has 0 amide bonds. The van der Waals surface area contributed by atoms with Crippen molar-refractivity contribution in [2.45, 2.75) is 0 Å². The number of anilines is 1. The quantitative estimate of drug-likeness (QED) is 0.808. The Labute approximate surface area is 89.1 Å². The number of methoxy groups -OCH3 is 1. The molecule has 5 nitrogen and oxygen atoms in total. The van der Waals surface area contributed by atoms with Crippen LogP contribution in [0.3, 0.4) is 0 Å². The van der Waals surface area contributed by atoms with E-state index in [-0.39, 0.29) is 10.6 Å². The highest BCUT2D eigenvalue weighted by Gasteiger charge is 2.18. The van der Waals surface area contributed by atoms with Gasteiger partial charge in [0.25, 0.3) is 0 Å². The van der Waals surface area contributed by atoms with E-state index in [1.54, 1.807) is 12.3 Å². The van der Waals surface area contributed by atoms with Crippen molar-refractivity contribution in [3.8, 4) is 5.75 Å². The average molecular weight is 224 g/mol. The number of carboxylic acids is 1. The third kappa shape index (κ3) is 1.39. The van der Waals surface area contributed by atoms with Crippen molar-refractivity contribution in [3.63, 3.8) is 0 Å². The molecule has 6 heteroatoms. The molecule has 0 aliphatic heterocycles. The smallest absolute Gasteiger partial charge is 0.348 e. The molecule has 0 aromatic carbocycles. The summed E-state index contributed by atoms with van der Waals surface area (Å²) in [5.74, 6) is -0.501. The van der Waals surface area contributed by atoms with Gasteiger partial charge in [0.05, 0.1) is 18.2 Å². The fourth-order valence-corrected chi connectivity index (χ4v) is 2.26. The van der Waals surface area contributed by atoms with Crippen LogP contribution in [0.1, 0.15) is 9.67 Å². The van der Waals surface area contributed by atoms with Crippen LogP contribution in [0, 0.1) is 0 Å². The molecular formula is C9H8N2O3S. The second kappa shape index (κ2) is 3.39. The second-order valence-electron chi connectivity index (χ2n) is 2.84. The molecule has 0 saturated carbocycles. The van der Waals surface area contributed by atoms with Crippen molar-refractivity contribution in [3.05, 3.63) is 17.1 Å². The molecule has 0 aliphatic rings. The number of hydrogen-bond acceptors (Lipinski definition) is 5. The predicted octanol–water partition coefficient (Wildman–Crippen LogP) is 1.59. The highest BCUT2D eigenvalue weighted by Crippen LogP contribution is 2.37. The summed E-state index contributed by atoms with van der Waals surface area (Å²) in [5, 5.41) is 9.46. The lowest BCUT2D eigenvalue weighted by molar-refractivity contribution is 0.0703. The third-order valence-corrected chi connectivity index (χ3v) is 3.11. The van der Waals surface area contributed by atoms with Gasteiger partial charge in [0.15, 0.2) is 0 Å². The molecule has 0 radical (unpaired) electrons. The van der Waals surface area contributed by atoms with E-state index in [0.29, 0.717) is 16.0 Å². The largest absolute Gasteiger partial charge is 0.496 e. The van der Waals surface area contributed by atoms with Gasteiger partial charge in [-0.05, 0) is 6.07 Å². The third-order valence-electron chi connectivity index (χ3n) is 2.00. The summed E-state index contributed by atoms with van der Waals surface area (Å²) in [6.07, 6.45) is 1.56. The van der Waals surface area contributed by atoms with E-state index in [1.807, 2.05) is 0 Å². The van der Waals surface area contributed by atoms with Gasteiger partial charge in [0, 0.05) is 6.20 Å². The normalized spacial score (nSPS) is 10.5. The Morgan fingerprint density at radius 1 is 1.67 bits per heavy atom. The first-order valence-corrected chi connectivity index (χ1v) is 4.91. The van der Waals surface area contributed by atoms with E-state index in [9.17, 15) is 4.79 Å². The Morgan fingerprint density at radius 3 is 3.00 bits per heavy atom. The molecule has 2 aromatic rings. The van der Waals surface area contributed by atoms with E-state index in [2.05, 4.69) is 4.98 Å². The lowest BCUT2D eigenvalue weighted by atomic mass is 10.2. The summed E-state index contributed by atoms with van der Waals surface area (Å²) in [6.45, 7) is 0. The second-order valence-corrected chi connectivity index (χ2v) is 3.84. The van der Waals surface area contributed by atoms with Gasteiger partial charge in [-0.25, -0.2) is 9.78 Å². The summed E-state index contributed by atoms with van der Waals surface area (Å²) in [6, 6.07) is 1.65. The highest BCUT2D eigenvalue weighted by atomic mass is 32.1. The van der Waals surface area contributed by atoms with Crippen LogP contribution >= 0.6 is 11.3 Å². The number of fused-ring (bicyclic) bond motifs is 1. The molecule has 78 valence electrons. The number of aromatic nitrogens is 1. The van der Waals surface area contributed by atoms with Crippen LogP contribution in [0.5, 0.6) is 5.75 Å². The van der Waals surface area contributed by atoms with Gasteiger partial charge in [-0.3, -0.25) is 0 Å². The SMILES string of the molecule is COc1ccnc2sc(C(=O)O)c(N)c12. The molecule has 0 atom stereocenters. The summed E-state index contributed by atoms with van der Waals surface area (Å²) >= 11 is 1.05. The van der Waals surface area contributed by atoms with Gasteiger partial charge in [-0.1, -0.05) is 0 Å². The maximum absolute atomic E-state index is 10.9. The summed E-state index contributed by atoms with van der Waals surface area (Å²) in [7, 11) is 1.51. The number of thiophene rings is 1. The summed E-state index contributed by atoms with van der Waals surface area (Å²) in [4.78, 5) is 15.6. The molecule has 0 aliphatic carbocycles. The minimum absolute atomic E-state index is 0.0991. The van der Waals surface area contributed by atoms with Gasteiger partial charge < -0.3 is 15.6 Å². The molecule has 0 spiro atoms. The predicted molar refractivity (Wildman–Crippen MR) is 57.5 cm³/mol. The van der Waals surface area contributed by atoms with Gasteiger partial charge in [-0.15, -0.1) is 11.3 Å². The Morgan fingerprint density at radius 2 is 2.40 bits per heavy atom. The highest BCUT2D eigenvalue weighted by molar-refractivity contribution is 7.21. The molecule has 2 aromatic heterocycles. The molecule has 2 heterocycles. The zero-order valence-corrected chi connectivity index (χ0v) is 8.67. The van der Waals surface area contributed by atoms with Crippen LogP contribution in [-0.2, 0) is 0 Å². The van der Waals surface area contributed by atoms with Gasteiger partial charge in [-0.2, -0.15) is 0 Å². The number of pyridine rings is 1. The average Bonchev–Trinajstić information content (AvgIpc) is 2.56. The van der Waals surface area contributed by atoms with Crippen molar-refractivity contribution in [1.29, 1.82) is 0 Å². The number of carbonyl (C=O) groups is 1. The first-order chi connectivity index (χ1) is 7.15. The first-order valence-electron chi connectivity index (χ1n) is 4.09. The van der Waals surface area contributed by atoms with Gasteiger partial charge in [0.1, 0.15) is 15.5 Å². The molecule has 0 fully saturated rings. The van der Waals surface area contributed by atoms with Crippen LogP contribution in [0.25, 0.3) is 10.2 Å². The number of rotatable bonds is 2. The zero-order chi connectivity index (χ0) is 11.0. The Bertz CT molecular complexity index is 535. The van der Waals surface area contributed by atoms with Crippen molar-refractivity contribution < 1.29 is 14.6 Å². The zero-order valence-electron chi connectivity index (χ0n) is 7.85. The monoisotopic (exact) mass is 224 g/mol. The summed E-state index contributed by atoms with van der Waals surface area (Å²) < 4.78 is 5.10. The molecular weight excluding hydrogens is 216 g/mol. The van der Waals surface area contributed by atoms with Gasteiger partial charge >= 0.3 is 5.97 Å².